The molecule has 0 aliphatic rings. The van der Waals surface area contributed by atoms with E-state index in [0.717, 1.165) is 16.1 Å². The minimum atomic E-state index is -0.758. The molecule has 0 saturated carbocycles. The van der Waals surface area contributed by atoms with Crippen LogP contribution in [0.15, 0.2) is 47.8 Å². The molecular weight excluding hydrogens is 292 g/mol. The van der Waals surface area contributed by atoms with E-state index in [1.54, 1.807) is 11.7 Å². The van der Waals surface area contributed by atoms with Gasteiger partial charge in [0.1, 0.15) is 17.0 Å². The summed E-state index contributed by atoms with van der Waals surface area (Å²) < 4.78 is 1.59. The third-order valence-corrected chi connectivity index (χ3v) is 4.52. The van der Waals surface area contributed by atoms with Gasteiger partial charge in [0.05, 0.1) is 5.56 Å². The van der Waals surface area contributed by atoms with Crippen molar-refractivity contribution >= 4 is 22.9 Å². The topological polar surface area (TPSA) is 38.0 Å². The van der Waals surface area contributed by atoms with Gasteiger partial charge in [0.25, 0.3) is 0 Å². The number of thiophene rings is 1. The number of hydrogen-bond acceptors (Lipinski definition) is 3. The van der Waals surface area contributed by atoms with Crippen LogP contribution in [0, 0.1) is 0 Å². The molecule has 3 nitrogen and oxygen atoms in total. The number of halogens is 1. The molecule has 0 fully saturated rings. The Kier molecular flexibility index (Phi) is 3.61. The second kappa shape index (κ2) is 5.40. The molecule has 0 saturated heterocycles. The number of aliphatic hydroxyl groups excluding tert-OH is 1. The zero-order valence-corrected chi connectivity index (χ0v) is 12.4. The summed E-state index contributed by atoms with van der Waals surface area (Å²) >= 11 is 7.82. The Bertz CT molecular complexity index is 707. The van der Waals surface area contributed by atoms with Crippen LogP contribution in [0.25, 0.3) is 11.3 Å². The summed E-state index contributed by atoms with van der Waals surface area (Å²) in [6, 6.07) is 13.6. The maximum Gasteiger partial charge on any atom is 0.133 e. The summed E-state index contributed by atoms with van der Waals surface area (Å²) in [5.41, 5.74) is 2.32. The lowest BCUT2D eigenvalue weighted by molar-refractivity contribution is 0.224. The van der Waals surface area contributed by atoms with Gasteiger partial charge in [-0.3, -0.25) is 4.68 Å². The van der Waals surface area contributed by atoms with Gasteiger partial charge in [-0.25, -0.2) is 0 Å². The van der Waals surface area contributed by atoms with Crippen molar-refractivity contribution in [2.45, 2.75) is 6.10 Å². The van der Waals surface area contributed by atoms with E-state index in [2.05, 4.69) is 5.10 Å². The fraction of sp³-hybridized carbons (Fsp3) is 0.133. The predicted molar refractivity (Wildman–Crippen MR) is 82.0 cm³/mol. The molecule has 2 aromatic heterocycles. The Balaban J connectivity index is 2.15. The van der Waals surface area contributed by atoms with Gasteiger partial charge in [-0.1, -0.05) is 48.0 Å². The maximum atomic E-state index is 10.6. The van der Waals surface area contributed by atoms with Crippen molar-refractivity contribution in [3.8, 4) is 11.3 Å². The van der Waals surface area contributed by atoms with E-state index in [-0.39, 0.29) is 0 Å². The van der Waals surface area contributed by atoms with Crippen molar-refractivity contribution in [3.05, 3.63) is 63.4 Å². The number of nitrogens with zero attached hydrogens (tertiary/aromatic N) is 2. The number of rotatable bonds is 3. The van der Waals surface area contributed by atoms with Gasteiger partial charge in [0.15, 0.2) is 0 Å². The quantitative estimate of drug-likeness (QED) is 0.797. The largest absolute Gasteiger partial charge is 0.383 e. The number of aromatic nitrogens is 2. The van der Waals surface area contributed by atoms with Crippen molar-refractivity contribution in [1.29, 1.82) is 0 Å². The third-order valence-electron chi connectivity index (χ3n) is 3.14. The molecule has 0 bridgehead atoms. The summed E-state index contributed by atoms with van der Waals surface area (Å²) in [4.78, 5) is 0.858. The summed E-state index contributed by atoms with van der Waals surface area (Å²) in [5.74, 6) is 0. The lowest BCUT2D eigenvalue weighted by atomic mass is 10.0. The van der Waals surface area contributed by atoms with Gasteiger partial charge in [0.2, 0.25) is 0 Å². The second-order valence-corrected chi connectivity index (χ2v) is 5.80. The number of aryl methyl sites for hydroxylation is 1. The fourth-order valence-corrected chi connectivity index (χ4v) is 3.11. The Hall–Kier alpha value is -1.62. The first kappa shape index (κ1) is 13.4. The first-order valence-electron chi connectivity index (χ1n) is 6.17. The lowest BCUT2D eigenvalue weighted by Crippen LogP contribution is -1.99. The summed E-state index contributed by atoms with van der Waals surface area (Å²) in [5, 5.41) is 17.4. The van der Waals surface area contributed by atoms with Gasteiger partial charge in [-0.2, -0.15) is 5.10 Å². The average Bonchev–Trinajstić information content (AvgIpc) is 3.09. The first-order chi connectivity index (χ1) is 9.68. The second-order valence-electron chi connectivity index (χ2n) is 4.46. The van der Waals surface area contributed by atoms with Gasteiger partial charge in [-0.05, 0) is 11.4 Å². The average molecular weight is 305 g/mol. The van der Waals surface area contributed by atoms with Crippen LogP contribution >= 0.6 is 22.9 Å². The highest BCUT2D eigenvalue weighted by atomic mass is 35.5. The predicted octanol–water partition coefficient (Wildman–Crippen LogP) is 3.88. The molecule has 3 aromatic rings. The molecule has 2 heterocycles. The molecule has 0 radical (unpaired) electrons. The molecule has 0 aliphatic carbocycles. The Morgan fingerprint density at radius 1 is 1.20 bits per heavy atom. The van der Waals surface area contributed by atoms with E-state index in [1.807, 2.05) is 47.8 Å². The van der Waals surface area contributed by atoms with Crippen molar-refractivity contribution in [2.24, 2.45) is 7.05 Å². The van der Waals surface area contributed by atoms with Crippen LogP contribution in [0.2, 0.25) is 5.15 Å². The van der Waals surface area contributed by atoms with E-state index in [1.165, 1.54) is 11.3 Å². The Morgan fingerprint density at radius 2 is 1.95 bits per heavy atom. The number of aliphatic hydroxyl groups is 1. The smallest absolute Gasteiger partial charge is 0.133 e. The highest BCUT2D eigenvalue weighted by molar-refractivity contribution is 7.10. The van der Waals surface area contributed by atoms with Crippen molar-refractivity contribution in [3.63, 3.8) is 0 Å². The number of benzene rings is 1. The van der Waals surface area contributed by atoms with Crippen LogP contribution in [0.4, 0.5) is 0 Å². The normalized spacial score (nSPS) is 12.6. The molecule has 102 valence electrons. The van der Waals surface area contributed by atoms with Crippen LogP contribution in [0.3, 0.4) is 0 Å². The molecule has 20 heavy (non-hydrogen) atoms. The van der Waals surface area contributed by atoms with Crippen LogP contribution < -0.4 is 0 Å². The molecule has 1 atom stereocenters. The van der Waals surface area contributed by atoms with Crippen molar-refractivity contribution in [2.75, 3.05) is 0 Å². The van der Waals surface area contributed by atoms with E-state index in [4.69, 9.17) is 11.6 Å². The van der Waals surface area contributed by atoms with Crippen LogP contribution in [0.5, 0.6) is 0 Å². The standard InChI is InChI=1S/C15H13ClN2OS/c1-18-15(16)12(14(19)11-8-5-9-20-11)13(17-18)10-6-3-2-4-7-10/h2-9,14,19H,1H3/t14-/m0/s1. The SMILES string of the molecule is Cn1nc(-c2ccccc2)c([C@@H](O)c2cccs2)c1Cl. The molecule has 0 amide bonds. The summed E-state index contributed by atoms with van der Waals surface area (Å²) in [7, 11) is 1.78. The minimum absolute atomic E-state index is 0.463. The van der Waals surface area contributed by atoms with E-state index >= 15 is 0 Å². The molecule has 0 unspecified atom stereocenters. The third kappa shape index (κ3) is 2.26. The van der Waals surface area contributed by atoms with Crippen molar-refractivity contribution in [1.82, 2.24) is 9.78 Å². The highest BCUT2D eigenvalue weighted by Crippen LogP contribution is 2.37. The molecular formula is C15H13ClN2OS. The Morgan fingerprint density at radius 3 is 2.60 bits per heavy atom. The van der Waals surface area contributed by atoms with E-state index < -0.39 is 6.10 Å². The molecule has 1 N–H and O–H groups in total. The molecule has 1 aromatic carbocycles. The number of hydrogen-bond donors (Lipinski definition) is 1. The molecule has 3 rings (SSSR count). The van der Waals surface area contributed by atoms with Crippen LogP contribution in [0.1, 0.15) is 16.5 Å². The zero-order valence-electron chi connectivity index (χ0n) is 10.8. The van der Waals surface area contributed by atoms with Gasteiger partial charge < -0.3 is 5.11 Å². The minimum Gasteiger partial charge on any atom is -0.383 e. The van der Waals surface area contributed by atoms with Gasteiger partial charge in [-0.15, -0.1) is 11.3 Å². The first-order valence-corrected chi connectivity index (χ1v) is 7.43. The fourth-order valence-electron chi connectivity index (χ4n) is 2.16. The molecule has 0 aliphatic heterocycles. The van der Waals surface area contributed by atoms with Crippen LogP contribution in [-0.4, -0.2) is 14.9 Å². The Labute approximate surface area is 126 Å². The lowest BCUT2D eigenvalue weighted by Gasteiger charge is -2.10. The van der Waals surface area contributed by atoms with Gasteiger partial charge >= 0.3 is 0 Å². The maximum absolute atomic E-state index is 10.6. The summed E-state index contributed by atoms with van der Waals surface area (Å²) in [6.45, 7) is 0. The van der Waals surface area contributed by atoms with Crippen LogP contribution in [-0.2, 0) is 7.05 Å². The molecule has 5 heteroatoms. The highest BCUT2D eigenvalue weighted by Gasteiger charge is 2.24. The summed E-state index contributed by atoms with van der Waals surface area (Å²) in [6.07, 6.45) is -0.758. The zero-order chi connectivity index (χ0) is 14.1. The van der Waals surface area contributed by atoms with Crippen molar-refractivity contribution < 1.29 is 5.11 Å². The van der Waals surface area contributed by atoms with E-state index in [0.29, 0.717) is 10.7 Å². The monoisotopic (exact) mass is 304 g/mol. The van der Waals surface area contributed by atoms with E-state index in [9.17, 15) is 5.11 Å². The molecule has 0 spiro atoms. The van der Waals surface area contributed by atoms with Gasteiger partial charge in [0, 0.05) is 17.5 Å².